The first-order chi connectivity index (χ1) is 15.8. The number of benzene rings is 3. The lowest BCUT2D eigenvalue weighted by atomic mass is 10.0. The minimum absolute atomic E-state index is 0.134. The summed E-state index contributed by atoms with van der Waals surface area (Å²) < 4.78 is 0. The summed E-state index contributed by atoms with van der Waals surface area (Å²) in [6, 6.07) is 23.0. The van der Waals surface area contributed by atoms with Crippen molar-refractivity contribution >= 4 is 34.4 Å². The molecule has 0 saturated heterocycles. The average Bonchev–Trinajstić information content (AvgIpc) is 3.14. The molecule has 4 rings (SSSR count). The summed E-state index contributed by atoms with van der Waals surface area (Å²) in [7, 11) is 5.82. The van der Waals surface area contributed by atoms with Crippen LogP contribution in [0.1, 0.15) is 28.4 Å². The van der Waals surface area contributed by atoms with Gasteiger partial charge in [-0.1, -0.05) is 30.3 Å². The van der Waals surface area contributed by atoms with E-state index in [1.54, 1.807) is 30.1 Å². The van der Waals surface area contributed by atoms with Crippen LogP contribution in [0.2, 0.25) is 0 Å². The number of hydrogen-bond donors (Lipinski definition) is 2. The number of anilines is 3. The Morgan fingerprint density at radius 1 is 0.939 bits per heavy atom. The van der Waals surface area contributed by atoms with Gasteiger partial charge in [-0.25, -0.2) is 0 Å². The maximum atomic E-state index is 13.1. The molecule has 2 amide bonds. The number of fused-ring (bicyclic) bond motifs is 1. The Bertz CT molecular complexity index is 1210. The van der Waals surface area contributed by atoms with Crippen LogP contribution in [0.5, 0.6) is 0 Å². The molecular weight excluding hydrogens is 412 g/mol. The number of carbonyl (C=O) groups is 2. The molecule has 1 aliphatic heterocycles. The highest BCUT2D eigenvalue weighted by atomic mass is 16.2. The Balaban J connectivity index is 1.61. The van der Waals surface area contributed by atoms with Crippen LogP contribution in [0.3, 0.4) is 0 Å². The minimum atomic E-state index is -0.180. The molecule has 6 nitrogen and oxygen atoms in total. The predicted octanol–water partition coefficient (Wildman–Crippen LogP) is 4.82. The van der Waals surface area contributed by atoms with E-state index in [1.807, 2.05) is 63.5 Å². The third-order valence-electron chi connectivity index (χ3n) is 5.62. The maximum absolute atomic E-state index is 13.1. The highest BCUT2D eigenvalue weighted by Gasteiger charge is 2.28. The molecule has 2 N–H and O–H groups in total. The van der Waals surface area contributed by atoms with E-state index in [1.165, 1.54) is 5.56 Å². The molecule has 0 aliphatic carbocycles. The third-order valence-corrected chi connectivity index (χ3v) is 5.62. The summed E-state index contributed by atoms with van der Waals surface area (Å²) in [4.78, 5) is 29.6. The van der Waals surface area contributed by atoms with E-state index in [4.69, 9.17) is 0 Å². The molecule has 0 atom stereocenters. The van der Waals surface area contributed by atoms with Crippen molar-refractivity contribution in [1.82, 2.24) is 4.90 Å². The van der Waals surface area contributed by atoms with Gasteiger partial charge in [0.15, 0.2) is 0 Å². The molecule has 0 radical (unpaired) electrons. The van der Waals surface area contributed by atoms with Gasteiger partial charge in [-0.15, -0.1) is 0 Å². The predicted molar refractivity (Wildman–Crippen MR) is 134 cm³/mol. The SMILES string of the molecule is CC(Nc1ccc(CN(C)C)cc1)=C1C(=O)Nc2ccc(C(=O)N(C)c3ccccc3)cc21. The summed E-state index contributed by atoms with van der Waals surface area (Å²) in [6.45, 7) is 2.74. The molecule has 3 aromatic carbocycles. The second-order valence-electron chi connectivity index (χ2n) is 8.47. The van der Waals surface area contributed by atoms with Gasteiger partial charge in [-0.05, 0) is 69.0 Å². The van der Waals surface area contributed by atoms with Gasteiger partial charge in [0, 0.05) is 47.5 Å². The normalized spacial score (nSPS) is 14.0. The summed E-state index contributed by atoms with van der Waals surface area (Å²) in [5.74, 6) is -0.315. The van der Waals surface area contributed by atoms with Crippen LogP contribution in [0.15, 0.2) is 78.5 Å². The molecular formula is C27H28N4O2. The molecule has 3 aromatic rings. The lowest BCUT2D eigenvalue weighted by Crippen LogP contribution is -2.26. The van der Waals surface area contributed by atoms with Crippen molar-refractivity contribution < 1.29 is 9.59 Å². The first-order valence-corrected chi connectivity index (χ1v) is 10.8. The number of carbonyl (C=O) groups excluding carboxylic acids is 2. The van der Waals surface area contributed by atoms with Crippen molar-refractivity contribution in [3.8, 4) is 0 Å². The fraction of sp³-hybridized carbons (Fsp3) is 0.185. The second kappa shape index (κ2) is 9.30. The third kappa shape index (κ3) is 4.81. The highest BCUT2D eigenvalue weighted by molar-refractivity contribution is 6.32. The van der Waals surface area contributed by atoms with Gasteiger partial charge < -0.3 is 20.4 Å². The number of amides is 2. The van der Waals surface area contributed by atoms with Gasteiger partial charge in [0.25, 0.3) is 11.8 Å². The first kappa shape index (κ1) is 22.3. The molecule has 0 spiro atoms. The van der Waals surface area contributed by atoms with Crippen molar-refractivity contribution in [2.24, 2.45) is 0 Å². The van der Waals surface area contributed by atoms with Crippen LogP contribution in [0, 0.1) is 0 Å². The van der Waals surface area contributed by atoms with Gasteiger partial charge in [-0.3, -0.25) is 9.59 Å². The van der Waals surface area contributed by atoms with Crippen LogP contribution in [0.25, 0.3) is 5.57 Å². The topological polar surface area (TPSA) is 64.7 Å². The molecule has 0 fully saturated rings. The van der Waals surface area contributed by atoms with Crippen molar-refractivity contribution in [2.75, 3.05) is 36.7 Å². The fourth-order valence-corrected chi connectivity index (χ4v) is 3.97. The second-order valence-corrected chi connectivity index (χ2v) is 8.47. The summed E-state index contributed by atoms with van der Waals surface area (Å²) in [6.07, 6.45) is 0. The van der Waals surface area contributed by atoms with E-state index in [-0.39, 0.29) is 11.8 Å². The number of hydrogen-bond acceptors (Lipinski definition) is 4. The zero-order valence-electron chi connectivity index (χ0n) is 19.3. The van der Waals surface area contributed by atoms with Crippen LogP contribution >= 0.6 is 0 Å². The van der Waals surface area contributed by atoms with E-state index < -0.39 is 0 Å². The van der Waals surface area contributed by atoms with Crippen LogP contribution in [-0.4, -0.2) is 37.9 Å². The van der Waals surface area contributed by atoms with E-state index in [0.717, 1.165) is 29.2 Å². The Hall–Kier alpha value is -3.90. The number of allylic oxidation sites excluding steroid dienone is 1. The average molecular weight is 441 g/mol. The Morgan fingerprint density at radius 2 is 1.64 bits per heavy atom. The summed E-state index contributed by atoms with van der Waals surface area (Å²) in [5.41, 5.74) is 6.15. The summed E-state index contributed by atoms with van der Waals surface area (Å²) in [5, 5.41) is 6.25. The zero-order valence-corrected chi connectivity index (χ0v) is 19.3. The number of nitrogens with zero attached hydrogens (tertiary/aromatic N) is 2. The van der Waals surface area contributed by atoms with Crippen LogP contribution in [0.4, 0.5) is 17.1 Å². The molecule has 168 valence electrons. The van der Waals surface area contributed by atoms with Crippen molar-refractivity contribution in [2.45, 2.75) is 13.5 Å². The molecule has 0 saturated carbocycles. The Kier molecular flexibility index (Phi) is 6.29. The quantitative estimate of drug-likeness (QED) is 0.540. The van der Waals surface area contributed by atoms with Gasteiger partial charge in [0.05, 0.1) is 5.57 Å². The van der Waals surface area contributed by atoms with Gasteiger partial charge in [0.2, 0.25) is 0 Å². The molecule has 0 aromatic heterocycles. The monoisotopic (exact) mass is 440 g/mol. The molecule has 33 heavy (non-hydrogen) atoms. The number of rotatable bonds is 6. The van der Waals surface area contributed by atoms with E-state index in [0.29, 0.717) is 16.8 Å². The van der Waals surface area contributed by atoms with E-state index >= 15 is 0 Å². The molecule has 1 heterocycles. The van der Waals surface area contributed by atoms with Crippen LogP contribution in [-0.2, 0) is 11.3 Å². The lowest BCUT2D eigenvalue weighted by Gasteiger charge is -2.18. The number of para-hydroxylation sites is 1. The van der Waals surface area contributed by atoms with Crippen molar-refractivity contribution in [1.29, 1.82) is 0 Å². The van der Waals surface area contributed by atoms with Gasteiger partial charge in [0.1, 0.15) is 0 Å². The highest BCUT2D eigenvalue weighted by Crippen LogP contribution is 2.35. The molecule has 1 aliphatic rings. The van der Waals surface area contributed by atoms with Crippen molar-refractivity contribution in [3.63, 3.8) is 0 Å². The van der Waals surface area contributed by atoms with Crippen molar-refractivity contribution in [3.05, 3.63) is 95.2 Å². The number of nitrogens with one attached hydrogen (secondary N) is 2. The lowest BCUT2D eigenvalue weighted by molar-refractivity contribution is -0.110. The summed E-state index contributed by atoms with van der Waals surface area (Å²) >= 11 is 0. The molecule has 6 heteroatoms. The van der Waals surface area contributed by atoms with E-state index in [9.17, 15) is 9.59 Å². The maximum Gasteiger partial charge on any atom is 0.258 e. The zero-order chi connectivity index (χ0) is 23.5. The van der Waals surface area contributed by atoms with Gasteiger partial charge >= 0.3 is 0 Å². The standard InChI is InChI=1S/C27H28N4O2/c1-18(28-21-13-10-19(11-14-21)17-30(2)3)25-23-16-20(12-15-24(23)29-26(25)32)27(33)31(4)22-8-6-5-7-9-22/h5-16,28H,17H2,1-4H3,(H,29,32). The largest absolute Gasteiger partial charge is 0.358 e. The minimum Gasteiger partial charge on any atom is -0.358 e. The fourth-order valence-electron chi connectivity index (χ4n) is 3.97. The Morgan fingerprint density at radius 3 is 2.30 bits per heavy atom. The smallest absolute Gasteiger partial charge is 0.258 e. The molecule has 0 bridgehead atoms. The van der Waals surface area contributed by atoms with Gasteiger partial charge in [-0.2, -0.15) is 0 Å². The van der Waals surface area contributed by atoms with E-state index in [2.05, 4.69) is 27.7 Å². The molecule has 0 unspecified atom stereocenters. The Labute approximate surface area is 194 Å². The first-order valence-electron chi connectivity index (χ1n) is 10.8. The van der Waals surface area contributed by atoms with Crippen LogP contribution < -0.4 is 15.5 Å².